The number of aromatic nitrogens is 1. The second-order valence-electron chi connectivity index (χ2n) is 7.21. The van der Waals surface area contributed by atoms with Crippen molar-refractivity contribution in [1.29, 1.82) is 0 Å². The highest BCUT2D eigenvalue weighted by molar-refractivity contribution is 7.98. The maximum absolute atomic E-state index is 13.5. The number of carbonyl (C=O) groups is 1. The van der Waals surface area contributed by atoms with Crippen molar-refractivity contribution >= 4 is 44.4 Å². The van der Waals surface area contributed by atoms with Gasteiger partial charge in [-0.2, -0.15) is 0 Å². The molecule has 0 saturated carbocycles. The molecule has 0 aliphatic carbocycles. The number of aryl methyl sites for hydroxylation is 2. The summed E-state index contributed by atoms with van der Waals surface area (Å²) in [5.41, 5.74) is 4.04. The molecule has 0 bridgehead atoms. The molecule has 3 aromatic rings. The summed E-state index contributed by atoms with van der Waals surface area (Å²) in [4.78, 5) is 21.2. The van der Waals surface area contributed by atoms with Gasteiger partial charge in [-0.15, -0.1) is 11.8 Å². The average Bonchev–Trinajstić information content (AvgIpc) is 3.35. The Kier molecular flexibility index (Phi) is 5.71. The van der Waals surface area contributed by atoms with Crippen molar-refractivity contribution in [2.75, 3.05) is 24.3 Å². The molecular formula is C22H24N2O2S2. The first-order chi connectivity index (χ1) is 13.5. The van der Waals surface area contributed by atoms with E-state index in [9.17, 15) is 4.79 Å². The van der Waals surface area contributed by atoms with Crippen LogP contribution >= 0.6 is 23.1 Å². The SMILES string of the molecule is CSc1cccc(C(=O)N(CC2CCCO2)c2nc3cc(C)cc(C)c3s2)c1. The number of rotatable bonds is 5. The van der Waals surface area contributed by atoms with Crippen LogP contribution in [-0.2, 0) is 4.74 Å². The Morgan fingerprint density at radius 1 is 1.32 bits per heavy atom. The van der Waals surface area contributed by atoms with E-state index in [-0.39, 0.29) is 12.0 Å². The van der Waals surface area contributed by atoms with Crippen LogP contribution in [0.2, 0.25) is 0 Å². The molecule has 4 nitrogen and oxygen atoms in total. The zero-order chi connectivity index (χ0) is 19.7. The van der Waals surface area contributed by atoms with E-state index >= 15 is 0 Å². The number of ether oxygens (including phenoxy) is 1. The number of thioether (sulfide) groups is 1. The van der Waals surface area contributed by atoms with Gasteiger partial charge in [0.1, 0.15) is 0 Å². The molecule has 0 radical (unpaired) electrons. The molecule has 0 N–H and O–H groups in total. The van der Waals surface area contributed by atoms with Gasteiger partial charge in [0.25, 0.3) is 5.91 Å². The van der Waals surface area contributed by atoms with Gasteiger partial charge in [0.2, 0.25) is 0 Å². The predicted octanol–water partition coefficient (Wildman–Crippen LogP) is 5.46. The number of carbonyl (C=O) groups excluding carboxylic acids is 1. The van der Waals surface area contributed by atoms with Gasteiger partial charge in [-0.3, -0.25) is 9.69 Å². The number of fused-ring (bicyclic) bond motifs is 1. The first-order valence-corrected chi connectivity index (χ1v) is 11.5. The zero-order valence-electron chi connectivity index (χ0n) is 16.4. The average molecular weight is 413 g/mol. The van der Waals surface area contributed by atoms with Crippen LogP contribution in [0.5, 0.6) is 0 Å². The quantitative estimate of drug-likeness (QED) is 0.522. The third kappa shape index (κ3) is 3.95. The van der Waals surface area contributed by atoms with Gasteiger partial charge >= 0.3 is 0 Å². The van der Waals surface area contributed by atoms with E-state index in [1.54, 1.807) is 23.1 Å². The van der Waals surface area contributed by atoms with Gasteiger partial charge in [0.05, 0.1) is 22.9 Å². The number of amides is 1. The summed E-state index contributed by atoms with van der Waals surface area (Å²) >= 11 is 3.23. The molecule has 1 amide bonds. The first kappa shape index (κ1) is 19.4. The van der Waals surface area contributed by atoms with Crippen LogP contribution in [0.15, 0.2) is 41.3 Å². The lowest BCUT2D eigenvalue weighted by Crippen LogP contribution is -2.37. The Hall–Kier alpha value is -1.89. The molecule has 1 aliphatic rings. The smallest absolute Gasteiger partial charge is 0.260 e. The molecule has 1 unspecified atom stereocenters. The van der Waals surface area contributed by atoms with Crippen molar-refractivity contribution < 1.29 is 9.53 Å². The fraction of sp³-hybridized carbons (Fsp3) is 0.364. The number of benzene rings is 2. The van der Waals surface area contributed by atoms with E-state index < -0.39 is 0 Å². The van der Waals surface area contributed by atoms with E-state index in [2.05, 4.69) is 26.0 Å². The van der Waals surface area contributed by atoms with E-state index in [0.29, 0.717) is 12.1 Å². The Labute approximate surface area is 173 Å². The van der Waals surface area contributed by atoms with Crippen LogP contribution in [0.25, 0.3) is 10.2 Å². The molecule has 1 aliphatic heterocycles. The van der Waals surface area contributed by atoms with E-state index in [0.717, 1.165) is 39.7 Å². The van der Waals surface area contributed by atoms with Crippen LogP contribution in [0.3, 0.4) is 0 Å². The monoisotopic (exact) mass is 412 g/mol. The van der Waals surface area contributed by atoms with Crippen LogP contribution in [0.1, 0.15) is 34.3 Å². The maximum Gasteiger partial charge on any atom is 0.260 e. The van der Waals surface area contributed by atoms with E-state index in [1.807, 2.05) is 35.4 Å². The largest absolute Gasteiger partial charge is 0.376 e. The molecule has 0 spiro atoms. The van der Waals surface area contributed by atoms with Gasteiger partial charge in [0.15, 0.2) is 5.13 Å². The molecule has 1 aromatic heterocycles. The molecule has 1 saturated heterocycles. The highest BCUT2D eigenvalue weighted by atomic mass is 32.2. The molecular weight excluding hydrogens is 388 g/mol. The summed E-state index contributed by atoms with van der Waals surface area (Å²) in [7, 11) is 0. The zero-order valence-corrected chi connectivity index (χ0v) is 18.0. The topological polar surface area (TPSA) is 42.4 Å². The standard InChI is InChI=1S/C22H24N2O2S2/c1-14-10-15(2)20-19(11-14)23-22(28-20)24(13-17-7-5-9-26-17)21(25)16-6-4-8-18(12-16)27-3/h4,6,8,10-12,17H,5,7,9,13H2,1-3H3. The number of thiazole rings is 1. The van der Waals surface area contributed by atoms with Crippen molar-refractivity contribution in [1.82, 2.24) is 4.98 Å². The van der Waals surface area contributed by atoms with Crippen molar-refractivity contribution in [3.63, 3.8) is 0 Å². The van der Waals surface area contributed by atoms with Crippen LogP contribution in [0, 0.1) is 13.8 Å². The fourth-order valence-corrected chi connectivity index (χ4v) is 5.11. The second-order valence-corrected chi connectivity index (χ2v) is 9.07. The van der Waals surface area contributed by atoms with Crippen LogP contribution in [-0.4, -0.2) is 36.4 Å². The van der Waals surface area contributed by atoms with Crippen molar-refractivity contribution in [3.8, 4) is 0 Å². The molecule has 4 rings (SSSR count). The number of nitrogens with zero attached hydrogens (tertiary/aromatic N) is 2. The number of hydrogen-bond acceptors (Lipinski definition) is 5. The lowest BCUT2D eigenvalue weighted by molar-refractivity contribution is 0.0917. The first-order valence-electron chi connectivity index (χ1n) is 9.50. The van der Waals surface area contributed by atoms with Crippen molar-refractivity contribution in [3.05, 3.63) is 53.1 Å². The summed E-state index contributed by atoms with van der Waals surface area (Å²) in [6, 6.07) is 12.1. The summed E-state index contributed by atoms with van der Waals surface area (Å²) in [5.74, 6) is -0.0140. The second kappa shape index (κ2) is 8.23. The van der Waals surface area contributed by atoms with E-state index in [4.69, 9.17) is 9.72 Å². The molecule has 1 fully saturated rings. The fourth-order valence-electron chi connectivity index (χ4n) is 3.63. The lowest BCUT2D eigenvalue weighted by atomic mass is 10.1. The van der Waals surface area contributed by atoms with Gasteiger partial charge in [-0.25, -0.2) is 4.98 Å². The number of anilines is 1. The van der Waals surface area contributed by atoms with E-state index in [1.165, 1.54) is 11.1 Å². The lowest BCUT2D eigenvalue weighted by Gasteiger charge is -2.23. The molecule has 2 aromatic carbocycles. The molecule has 146 valence electrons. The van der Waals surface area contributed by atoms with Crippen LogP contribution in [0.4, 0.5) is 5.13 Å². The minimum absolute atomic E-state index is 0.0140. The highest BCUT2D eigenvalue weighted by Gasteiger charge is 2.27. The Bertz CT molecular complexity index is 1010. The van der Waals surface area contributed by atoms with Gasteiger partial charge < -0.3 is 4.74 Å². The normalized spacial score (nSPS) is 16.6. The van der Waals surface area contributed by atoms with Gasteiger partial charge in [-0.05, 0) is 68.3 Å². The minimum Gasteiger partial charge on any atom is -0.376 e. The Morgan fingerprint density at radius 3 is 2.93 bits per heavy atom. The Morgan fingerprint density at radius 2 is 2.18 bits per heavy atom. The summed E-state index contributed by atoms with van der Waals surface area (Å²) in [5, 5.41) is 0.749. The third-order valence-electron chi connectivity index (χ3n) is 5.01. The Balaban J connectivity index is 1.74. The van der Waals surface area contributed by atoms with Crippen molar-refractivity contribution in [2.24, 2.45) is 0 Å². The summed E-state index contributed by atoms with van der Waals surface area (Å²) < 4.78 is 6.97. The summed E-state index contributed by atoms with van der Waals surface area (Å²) in [6.45, 7) is 5.49. The molecule has 2 heterocycles. The molecule has 1 atom stereocenters. The predicted molar refractivity (Wildman–Crippen MR) is 118 cm³/mol. The van der Waals surface area contributed by atoms with Gasteiger partial charge in [0, 0.05) is 17.1 Å². The van der Waals surface area contributed by atoms with Crippen molar-refractivity contribution in [2.45, 2.75) is 37.7 Å². The molecule has 6 heteroatoms. The van der Waals surface area contributed by atoms with Gasteiger partial charge in [-0.1, -0.05) is 23.5 Å². The molecule has 28 heavy (non-hydrogen) atoms. The minimum atomic E-state index is -0.0140. The summed E-state index contributed by atoms with van der Waals surface area (Å²) in [6.07, 6.45) is 4.12. The maximum atomic E-state index is 13.5. The highest BCUT2D eigenvalue weighted by Crippen LogP contribution is 2.33. The number of hydrogen-bond donors (Lipinski definition) is 0. The third-order valence-corrected chi connectivity index (χ3v) is 6.97. The van der Waals surface area contributed by atoms with Crippen LogP contribution < -0.4 is 4.90 Å².